The van der Waals surface area contributed by atoms with Crippen LogP contribution in [0.25, 0.3) is 10.2 Å². The van der Waals surface area contributed by atoms with Gasteiger partial charge in [0.2, 0.25) is 5.91 Å². The lowest BCUT2D eigenvalue weighted by atomic mass is 9.89. The lowest BCUT2D eigenvalue weighted by Crippen LogP contribution is -2.23. The quantitative estimate of drug-likeness (QED) is 0.568. The number of nitrogens with zero attached hydrogens (tertiary/aromatic N) is 1. The maximum absolute atomic E-state index is 12.7. The molecule has 0 saturated heterocycles. The third-order valence-corrected chi connectivity index (χ3v) is 6.95. The van der Waals surface area contributed by atoms with E-state index >= 15 is 0 Å². The number of hydrogen-bond donors (Lipinski definition) is 3. The number of nitrogens with one attached hydrogen (secondary N) is 3. The number of rotatable bonds is 5. The summed E-state index contributed by atoms with van der Waals surface area (Å²) in [4.78, 5) is 46.9. The van der Waals surface area contributed by atoms with Gasteiger partial charge >= 0.3 is 0 Å². The maximum atomic E-state index is 12.7. The van der Waals surface area contributed by atoms with Gasteiger partial charge in [-0.3, -0.25) is 14.4 Å². The van der Waals surface area contributed by atoms with Crippen molar-refractivity contribution in [2.45, 2.75) is 46.0 Å². The lowest BCUT2D eigenvalue weighted by molar-refractivity contribution is -0.116. The van der Waals surface area contributed by atoms with E-state index in [1.165, 1.54) is 4.88 Å². The lowest BCUT2D eigenvalue weighted by Gasteiger charge is -2.17. The van der Waals surface area contributed by atoms with Crippen LogP contribution in [-0.4, -0.2) is 28.8 Å². The Hall–Kier alpha value is -3.00. The number of anilines is 1. The van der Waals surface area contributed by atoms with Crippen molar-refractivity contribution < 1.29 is 9.59 Å². The Morgan fingerprint density at radius 3 is 2.90 bits per heavy atom. The van der Waals surface area contributed by atoms with E-state index in [1.807, 2.05) is 13.0 Å². The van der Waals surface area contributed by atoms with E-state index in [4.69, 9.17) is 0 Å². The molecule has 2 heterocycles. The second kappa shape index (κ2) is 8.63. The number of thiophene rings is 1. The first kappa shape index (κ1) is 21.2. The van der Waals surface area contributed by atoms with E-state index < -0.39 is 0 Å². The van der Waals surface area contributed by atoms with Crippen LogP contribution in [0.1, 0.15) is 52.0 Å². The molecule has 0 saturated carbocycles. The molecule has 0 radical (unpaired) electrons. The summed E-state index contributed by atoms with van der Waals surface area (Å²) < 4.78 is 0. The molecule has 3 N–H and O–H groups in total. The molecular formula is C23H26N4O3S. The highest BCUT2D eigenvalue weighted by atomic mass is 32.1. The molecule has 2 amide bonds. The number of benzene rings is 1. The molecule has 0 bridgehead atoms. The second-order valence-electron chi connectivity index (χ2n) is 8.17. The molecule has 1 aliphatic rings. The Morgan fingerprint density at radius 2 is 2.13 bits per heavy atom. The van der Waals surface area contributed by atoms with Gasteiger partial charge in [0.1, 0.15) is 10.7 Å². The normalized spacial score (nSPS) is 15.5. The number of amides is 2. The molecule has 1 atom stereocenters. The Kier molecular flexibility index (Phi) is 5.91. The van der Waals surface area contributed by atoms with Crippen molar-refractivity contribution in [2.75, 3.05) is 12.4 Å². The molecule has 162 valence electrons. The number of fused-ring (bicyclic) bond motifs is 3. The van der Waals surface area contributed by atoms with Crippen LogP contribution in [0.3, 0.4) is 0 Å². The van der Waals surface area contributed by atoms with Gasteiger partial charge in [-0.15, -0.1) is 11.3 Å². The van der Waals surface area contributed by atoms with Gasteiger partial charge in [0.25, 0.3) is 11.5 Å². The summed E-state index contributed by atoms with van der Waals surface area (Å²) in [5.41, 5.74) is 2.74. The zero-order valence-electron chi connectivity index (χ0n) is 17.9. The minimum Gasteiger partial charge on any atom is -0.355 e. The first-order valence-corrected chi connectivity index (χ1v) is 11.3. The van der Waals surface area contributed by atoms with Crippen molar-refractivity contribution in [3.63, 3.8) is 0 Å². The Balaban J connectivity index is 1.50. The van der Waals surface area contributed by atoms with Crippen LogP contribution in [0.5, 0.6) is 0 Å². The summed E-state index contributed by atoms with van der Waals surface area (Å²) >= 11 is 1.60. The van der Waals surface area contributed by atoms with Crippen LogP contribution < -0.4 is 16.2 Å². The highest BCUT2D eigenvalue weighted by molar-refractivity contribution is 7.18. The van der Waals surface area contributed by atoms with Gasteiger partial charge < -0.3 is 15.6 Å². The van der Waals surface area contributed by atoms with Crippen LogP contribution in [0, 0.1) is 12.8 Å². The van der Waals surface area contributed by atoms with Crippen LogP contribution in [-0.2, 0) is 24.1 Å². The smallest absolute Gasteiger partial charge is 0.259 e. The van der Waals surface area contributed by atoms with Crippen molar-refractivity contribution in [3.8, 4) is 0 Å². The number of aromatic nitrogens is 2. The predicted molar refractivity (Wildman–Crippen MR) is 123 cm³/mol. The number of aromatic amines is 1. The third kappa shape index (κ3) is 4.25. The molecular weight excluding hydrogens is 412 g/mol. The summed E-state index contributed by atoms with van der Waals surface area (Å²) in [6.45, 7) is 4.06. The van der Waals surface area contributed by atoms with Crippen molar-refractivity contribution >= 4 is 39.1 Å². The van der Waals surface area contributed by atoms with Gasteiger partial charge in [-0.1, -0.05) is 19.1 Å². The summed E-state index contributed by atoms with van der Waals surface area (Å²) in [6.07, 6.45) is 3.48. The fourth-order valence-electron chi connectivity index (χ4n) is 4.15. The number of hydrogen-bond acceptors (Lipinski definition) is 5. The van der Waals surface area contributed by atoms with Crippen molar-refractivity contribution in [3.05, 3.63) is 55.9 Å². The Labute approximate surface area is 184 Å². The summed E-state index contributed by atoms with van der Waals surface area (Å²) in [6, 6.07) is 5.33. The number of carbonyl (C=O) groups is 2. The molecule has 0 spiro atoms. The van der Waals surface area contributed by atoms with E-state index in [0.717, 1.165) is 40.6 Å². The average molecular weight is 439 g/mol. The SMILES string of the molecule is CNC(=O)c1c(C)cccc1NC(=O)CCc1nc2sc3c(c2c(=O)[nH]1)CCC(C)C3. The maximum Gasteiger partial charge on any atom is 0.259 e. The largest absolute Gasteiger partial charge is 0.355 e. The van der Waals surface area contributed by atoms with Gasteiger partial charge in [0.05, 0.1) is 16.6 Å². The number of H-pyrrole nitrogens is 1. The molecule has 0 fully saturated rings. The molecule has 31 heavy (non-hydrogen) atoms. The monoisotopic (exact) mass is 438 g/mol. The van der Waals surface area contributed by atoms with Gasteiger partial charge in [0.15, 0.2) is 0 Å². The number of carbonyl (C=O) groups excluding carboxylic acids is 2. The van der Waals surface area contributed by atoms with Gasteiger partial charge in [-0.25, -0.2) is 4.98 Å². The predicted octanol–water partition coefficient (Wildman–Crippen LogP) is 3.35. The van der Waals surface area contributed by atoms with E-state index in [9.17, 15) is 14.4 Å². The van der Waals surface area contributed by atoms with Gasteiger partial charge in [0, 0.05) is 24.8 Å². The average Bonchev–Trinajstić information content (AvgIpc) is 3.09. The molecule has 2 aromatic heterocycles. The van der Waals surface area contributed by atoms with Crippen molar-refractivity contribution in [1.82, 2.24) is 15.3 Å². The molecule has 3 aromatic rings. The first-order valence-electron chi connectivity index (χ1n) is 10.5. The minimum atomic E-state index is -0.249. The molecule has 0 aliphatic heterocycles. The number of aryl methyl sites for hydroxylation is 3. The van der Waals surface area contributed by atoms with Crippen molar-refractivity contribution in [1.29, 1.82) is 0 Å². The van der Waals surface area contributed by atoms with Crippen LogP contribution in [0.15, 0.2) is 23.0 Å². The minimum absolute atomic E-state index is 0.118. The summed E-state index contributed by atoms with van der Waals surface area (Å²) in [5, 5.41) is 6.14. The molecule has 7 nitrogen and oxygen atoms in total. The van der Waals surface area contributed by atoms with Gasteiger partial charge in [-0.2, -0.15) is 0 Å². The van der Waals surface area contributed by atoms with E-state index in [-0.39, 0.29) is 23.8 Å². The zero-order chi connectivity index (χ0) is 22.1. The van der Waals surface area contributed by atoms with Crippen LogP contribution in [0.4, 0.5) is 5.69 Å². The highest BCUT2D eigenvalue weighted by Crippen LogP contribution is 2.35. The molecule has 8 heteroatoms. The fourth-order valence-corrected chi connectivity index (χ4v) is 5.56. The van der Waals surface area contributed by atoms with E-state index in [0.29, 0.717) is 29.4 Å². The van der Waals surface area contributed by atoms with Crippen LogP contribution >= 0.6 is 11.3 Å². The van der Waals surface area contributed by atoms with Crippen LogP contribution in [0.2, 0.25) is 0 Å². The Bertz CT molecular complexity index is 1230. The van der Waals surface area contributed by atoms with E-state index in [1.54, 1.807) is 30.5 Å². The van der Waals surface area contributed by atoms with E-state index in [2.05, 4.69) is 27.5 Å². The molecule has 4 rings (SSSR count). The van der Waals surface area contributed by atoms with Gasteiger partial charge in [-0.05, 0) is 49.3 Å². The molecule has 1 aliphatic carbocycles. The Morgan fingerprint density at radius 1 is 1.32 bits per heavy atom. The summed E-state index contributed by atoms with van der Waals surface area (Å²) in [7, 11) is 1.56. The van der Waals surface area contributed by atoms with Crippen molar-refractivity contribution in [2.24, 2.45) is 5.92 Å². The molecule has 1 aromatic carbocycles. The fraction of sp³-hybridized carbons (Fsp3) is 0.391. The summed E-state index contributed by atoms with van der Waals surface area (Å²) in [5.74, 6) is 0.651. The first-order chi connectivity index (χ1) is 14.9. The highest BCUT2D eigenvalue weighted by Gasteiger charge is 2.23. The standard InChI is InChI=1S/C23H26N4O3S/c1-12-7-8-14-16(11-12)31-23-20(14)22(30)26-17(27-23)9-10-18(28)25-15-6-4-5-13(2)19(15)21(29)24-3/h4-6,12H,7-11H2,1-3H3,(H,24,29)(H,25,28)(H,26,27,30). The molecule has 1 unspecified atom stereocenters. The second-order valence-corrected chi connectivity index (χ2v) is 9.25. The third-order valence-electron chi connectivity index (χ3n) is 5.80. The zero-order valence-corrected chi connectivity index (χ0v) is 18.7. The topological polar surface area (TPSA) is 104 Å².